The molecule has 6 heteroatoms. The van der Waals surface area contributed by atoms with Gasteiger partial charge < -0.3 is 10.1 Å². The van der Waals surface area contributed by atoms with E-state index in [-0.39, 0.29) is 4.90 Å². The Morgan fingerprint density at radius 3 is 2.76 bits per heavy atom. The van der Waals surface area contributed by atoms with E-state index in [0.717, 1.165) is 12.0 Å². The fraction of sp³-hybridized carbons (Fsp3) is 0.455. The van der Waals surface area contributed by atoms with Gasteiger partial charge in [0.2, 0.25) is 0 Å². The van der Waals surface area contributed by atoms with Gasteiger partial charge in [-0.05, 0) is 24.0 Å². The van der Waals surface area contributed by atoms with Crippen LogP contribution < -0.4 is 10.1 Å². The zero-order valence-corrected chi connectivity index (χ0v) is 10.5. The van der Waals surface area contributed by atoms with Crippen LogP contribution in [-0.2, 0) is 16.5 Å². The molecule has 5 nitrogen and oxygen atoms in total. The van der Waals surface area contributed by atoms with Gasteiger partial charge >= 0.3 is 0 Å². The Balaban J connectivity index is 2.63. The summed E-state index contributed by atoms with van der Waals surface area (Å²) >= 11 is 0. The predicted molar refractivity (Wildman–Crippen MR) is 64.2 cm³/mol. The summed E-state index contributed by atoms with van der Waals surface area (Å²) in [6.07, 6.45) is 0.766. The molecule has 1 heterocycles. The van der Waals surface area contributed by atoms with Gasteiger partial charge in [0.05, 0.1) is 12.8 Å². The largest absolute Gasteiger partial charge is 0.497 e. The molecule has 1 aliphatic rings. The van der Waals surface area contributed by atoms with Crippen molar-refractivity contribution < 1.29 is 17.7 Å². The number of rotatable bonds is 2. The molecular weight excluding hydrogens is 242 g/mol. The number of hydrogen-bond donors (Lipinski definition) is 2. The van der Waals surface area contributed by atoms with Crippen molar-refractivity contribution in [2.75, 3.05) is 19.0 Å². The van der Waals surface area contributed by atoms with Gasteiger partial charge in [-0.2, -0.15) is 8.42 Å². The zero-order valence-electron chi connectivity index (χ0n) is 9.73. The molecule has 1 aromatic rings. The highest BCUT2D eigenvalue weighted by Gasteiger charge is 2.24. The maximum absolute atomic E-state index is 11.3. The number of methoxy groups -OCH3 is 1. The summed E-state index contributed by atoms with van der Waals surface area (Å²) in [5.74, 6) is 0.858. The summed E-state index contributed by atoms with van der Waals surface area (Å²) in [5, 5.41) is 3.04. The van der Waals surface area contributed by atoms with E-state index in [1.807, 2.05) is 0 Å². The second kappa shape index (κ2) is 4.19. The van der Waals surface area contributed by atoms with Crippen molar-refractivity contribution in [2.24, 2.45) is 5.92 Å². The third-order valence-electron chi connectivity index (χ3n) is 2.87. The van der Waals surface area contributed by atoms with Crippen LogP contribution in [0.3, 0.4) is 0 Å². The van der Waals surface area contributed by atoms with E-state index in [1.165, 1.54) is 13.2 Å². The molecular formula is C11H15NO4S. The zero-order chi connectivity index (χ0) is 12.6. The van der Waals surface area contributed by atoms with E-state index >= 15 is 0 Å². The second-order valence-electron chi connectivity index (χ2n) is 4.32. The summed E-state index contributed by atoms with van der Waals surface area (Å²) in [6.45, 7) is 2.77. The Morgan fingerprint density at radius 1 is 1.47 bits per heavy atom. The summed E-state index contributed by atoms with van der Waals surface area (Å²) in [5.41, 5.74) is 1.35. The molecule has 0 spiro atoms. The number of anilines is 1. The fourth-order valence-corrected chi connectivity index (χ4v) is 2.78. The molecule has 94 valence electrons. The Labute approximate surface area is 101 Å². The molecule has 1 atom stereocenters. The predicted octanol–water partition coefficient (Wildman–Crippen LogP) is 1.55. The first kappa shape index (κ1) is 12.2. The van der Waals surface area contributed by atoms with Gasteiger partial charge in [0, 0.05) is 12.6 Å². The van der Waals surface area contributed by atoms with E-state index in [9.17, 15) is 13.0 Å². The molecule has 0 unspecified atom stereocenters. The second-order valence-corrected chi connectivity index (χ2v) is 5.71. The normalized spacial score (nSPS) is 19.4. The number of hydrogen-bond acceptors (Lipinski definition) is 4. The number of fused-ring (bicyclic) bond motifs is 1. The number of ether oxygens (including phenoxy) is 1. The van der Waals surface area contributed by atoms with Gasteiger partial charge in [0.15, 0.2) is 0 Å². The Hall–Kier alpha value is -1.27. The van der Waals surface area contributed by atoms with E-state index in [4.69, 9.17) is 4.74 Å². The molecule has 0 aromatic heterocycles. The highest BCUT2D eigenvalue weighted by atomic mass is 32.2. The molecule has 0 amide bonds. The maximum atomic E-state index is 11.3. The van der Waals surface area contributed by atoms with Crippen molar-refractivity contribution in [3.05, 3.63) is 17.7 Å². The Morgan fingerprint density at radius 2 is 2.18 bits per heavy atom. The maximum Gasteiger partial charge on any atom is 0.296 e. The van der Waals surface area contributed by atoms with Crippen LogP contribution in [0.15, 0.2) is 17.0 Å². The lowest BCUT2D eigenvalue weighted by atomic mass is 9.95. The first-order valence-corrected chi connectivity index (χ1v) is 6.78. The first-order valence-electron chi connectivity index (χ1n) is 5.34. The average molecular weight is 257 g/mol. The standard InChI is InChI=1S/C11H15NO4S/c1-7-3-8-4-9(16-2)5-10(17(13,14)15)11(8)12-6-7/h4-5,7,12H,3,6H2,1-2H3,(H,13,14,15)/t7-/m0/s1. The minimum absolute atomic E-state index is 0.112. The van der Waals surface area contributed by atoms with Crippen molar-refractivity contribution in [3.63, 3.8) is 0 Å². The smallest absolute Gasteiger partial charge is 0.296 e. The SMILES string of the molecule is COc1cc2c(c(S(=O)(=O)O)c1)NC[C@@H](C)C2. The molecule has 0 aliphatic carbocycles. The molecule has 2 N–H and O–H groups in total. The van der Waals surface area contributed by atoms with Gasteiger partial charge in [-0.1, -0.05) is 6.92 Å². The Kier molecular flexibility index (Phi) is 3.01. The molecule has 1 aromatic carbocycles. The summed E-state index contributed by atoms with van der Waals surface area (Å²) < 4.78 is 36.9. The van der Waals surface area contributed by atoms with Gasteiger partial charge in [-0.3, -0.25) is 4.55 Å². The van der Waals surface area contributed by atoms with Crippen LogP contribution in [0.4, 0.5) is 5.69 Å². The fourth-order valence-electron chi connectivity index (χ4n) is 2.05. The highest BCUT2D eigenvalue weighted by molar-refractivity contribution is 7.86. The van der Waals surface area contributed by atoms with Gasteiger partial charge in [0.25, 0.3) is 10.1 Å². The Bertz CT molecular complexity index is 539. The van der Waals surface area contributed by atoms with Crippen LogP contribution in [0.5, 0.6) is 5.75 Å². The minimum Gasteiger partial charge on any atom is -0.497 e. The quantitative estimate of drug-likeness (QED) is 0.786. The number of benzene rings is 1. The molecule has 17 heavy (non-hydrogen) atoms. The molecule has 0 saturated heterocycles. The van der Waals surface area contributed by atoms with Crippen LogP contribution in [0.25, 0.3) is 0 Å². The molecule has 0 radical (unpaired) electrons. The summed E-state index contributed by atoms with van der Waals surface area (Å²) in [6, 6.07) is 3.13. The van der Waals surface area contributed by atoms with Crippen LogP contribution in [0.2, 0.25) is 0 Å². The van der Waals surface area contributed by atoms with Crippen molar-refractivity contribution in [1.82, 2.24) is 0 Å². The van der Waals surface area contributed by atoms with E-state index in [1.54, 1.807) is 6.07 Å². The molecule has 0 saturated carbocycles. The molecule has 0 fully saturated rings. The third kappa shape index (κ3) is 2.37. The lowest BCUT2D eigenvalue weighted by Gasteiger charge is -2.25. The van der Waals surface area contributed by atoms with E-state index in [0.29, 0.717) is 23.9 Å². The van der Waals surface area contributed by atoms with Crippen LogP contribution >= 0.6 is 0 Å². The lowest BCUT2D eigenvalue weighted by Crippen LogP contribution is -2.22. The van der Waals surface area contributed by atoms with Gasteiger partial charge in [-0.15, -0.1) is 0 Å². The minimum atomic E-state index is -4.24. The molecule has 2 rings (SSSR count). The monoisotopic (exact) mass is 257 g/mol. The van der Waals surface area contributed by atoms with E-state index < -0.39 is 10.1 Å². The topological polar surface area (TPSA) is 75.6 Å². The number of nitrogens with one attached hydrogen (secondary N) is 1. The van der Waals surface area contributed by atoms with Gasteiger partial charge in [0.1, 0.15) is 10.6 Å². The van der Waals surface area contributed by atoms with Crippen molar-refractivity contribution in [1.29, 1.82) is 0 Å². The summed E-state index contributed by atoms with van der Waals surface area (Å²) in [4.78, 5) is -0.112. The third-order valence-corrected chi connectivity index (χ3v) is 3.74. The lowest BCUT2D eigenvalue weighted by molar-refractivity contribution is 0.411. The highest BCUT2D eigenvalue weighted by Crippen LogP contribution is 2.34. The van der Waals surface area contributed by atoms with Crippen LogP contribution in [0.1, 0.15) is 12.5 Å². The van der Waals surface area contributed by atoms with Crippen molar-refractivity contribution in [3.8, 4) is 5.75 Å². The summed E-state index contributed by atoms with van der Waals surface area (Å²) in [7, 11) is -2.77. The van der Waals surface area contributed by atoms with E-state index in [2.05, 4.69) is 12.2 Å². The molecule has 1 aliphatic heterocycles. The first-order chi connectivity index (χ1) is 7.91. The van der Waals surface area contributed by atoms with Gasteiger partial charge in [-0.25, -0.2) is 0 Å². The van der Waals surface area contributed by atoms with Crippen molar-refractivity contribution >= 4 is 15.8 Å². The van der Waals surface area contributed by atoms with Crippen molar-refractivity contribution in [2.45, 2.75) is 18.2 Å². The van der Waals surface area contributed by atoms with Crippen LogP contribution in [0, 0.1) is 5.92 Å². The average Bonchev–Trinajstić information content (AvgIpc) is 2.25. The van der Waals surface area contributed by atoms with Crippen LogP contribution in [-0.4, -0.2) is 26.6 Å². The molecule has 0 bridgehead atoms.